The van der Waals surface area contributed by atoms with Crippen molar-refractivity contribution < 1.29 is 30.9 Å². The molecule has 0 aliphatic carbocycles. The van der Waals surface area contributed by atoms with Crippen LogP contribution in [0.5, 0.6) is 0 Å². The summed E-state index contributed by atoms with van der Waals surface area (Å²) in [4.78, 5) is 0. The Labute approximate surface area is 141 Å². The van der Waals surface area contributed by atoms with E-state index in [-0.39, 0.29) is 11.5 Å². The molecule has 0 aromatic heterocycles. The lowest BCUT2D eigenvalue weighted by atomic mass is 9.92. The largest absolute Gasteiger partial charge is 0.435 e. The maximum atomic E-state index is 13.8. The van der Waals surface area contributed by atoms with Crippen molar-refractivity contribution >= 4 is 18.1 Å². The predicted molar refractivity (Wildman–Crippen MR) is 84.5 cm³/mol. The summed E-state index contributed by atoms with van der Waals surface area (Å²) in [6.45, 7) is 1.56. The average Bonchev–Trinajstić information content (AvgIpc) is 2.88. The van der Waals surface area contributed by atoms with Gasteiger partial charge in [0.1, 0.15) is 10.6 Å². The second-order valence-corrected chi connectivity index (χ2v) is 8.97. The quantitative estimate of drug-likeness (QED) is 0.531. The average molecular weight is 379 g/mol. The van der Waals surface area contributed by atoms with Gasteiger partial charge in [-0.1, -0.05) is 36.4 Å². The zero-order valence-corrected chi connectivity index (χ0v) is 13.9. The minimum atomic E-state index is -5.63. The van der Waals surface area contributed by atoms with E-state index in [2.05, 4.69) is 0 Å². The molecule has 0 bridgehead atoms. The summed E-state index contributed by atoms with van der Waals surface area (Å²) in [5, 5.41) is 0.360. The van der Waals surface area contributed by atoms with Gasteiger partial charge in [0.25, 0.3) is 0 Å². The van der Waals surface area contributed by atoms with E-state index in [1.54, 1.807) is 25.1 Å². The highest BCUT2D eigenvalue weighted by Crippen LogP contribution is 2.72. The molecule has 1 atom stereocenters. The Bertz CT molecular complexity index is 757. The van der Waals surface area contributed by atoms with Gasteiger partial charge in [-0.25, -0.2) is 0 Å². The number of hydrogen-bond acceptors (Lipinski definition) is 1. The number of benzene rings is 2. The molecule has 1 aliphatic heterocycles. The normalized spacial score (nSPS) is 22.7. The third-order valence-corrected chi connectivity index (χ3v) is 8.16. The van der Waals surface area contributed by atoms with Gasteiger partial charge in [-0.15, -0.1) is 0 Å². The van der Waals surface area contributed by atoms with Gasteiger partial charge in [0.05, 0.1) is 11.7 Å². The van der Waals surface area contributed by atoms with Crippen molar-refractivity contribution in [2.45, 2.75) is 24.9 Å². The fraction of sp³-hybridized carbons (Fsp3) is 0.294. The molecule has 0 fully saturated rings. The summed E-state index contributed by atoms with van der Waals surface area (Å²) in [5.41, 5.74) is -5.16. The smallest absolute Gasteiger partial charge is 0.196 e. The van der Waals surface area contributed by atoms with E-state index in [0.29, 0.717) is 5.30 Å². The van der Waals surface area contributed by atoms with Gasteiger partial charge in [-0.2, -0.15) is 30.9 Å². The lowest BCUT2D eigenvalue weighted by molar-refractivity contribution is -0.361. The monoisotopic (exact) mass is 379 g/mol. The summed E-state index contributed by atoms with van der Waals surface area (Å²) in [5.74, 6) is 0. The van der Waals surface area contributed by atoms with E-state index < -0.39 is 31.0 Å². The first-order chi connectivity index (χ1) is 11.6. The molecule has 0 saturated carbocycles. The summed E-state index contributed by atoms with van der Waals surface area (Å²) in [6.07, 6.45) is -11.2. The minimum Gasteiger partial charge on any atom is -0.196 e. The van der Waals surface area contributed by atoms with Crippen LogP contribution < -0.4 is 10.6 Å². The molecule has 0 amide bonds. The molecule has 2 aromatic rings. The second kappa shape index (κ2) is 5.71. The van der Waals surface area contributed by atoms with E-state index in [4.69, 9.17) is 4.52 Å². The van der Waals surface area contributed by atoms with Crippen LogP contribution in [0.2, 0.25) is 0 Å². The lowest BCUT2D eigenvalue weighted by Gasteiger charge is -2.32. The van der Waals surface area contributed by atoms with Crippen LogP contribution in [-0.2, 0) is 10.1 Å². The van der Waals surface area contributed by atoms with Crippen LogP contribution in [0.1, 0.15) is 12.5 Å². The third-order valence-electron chi connectivity index (χ3n) is 4.38. The Kier molecular flexibility index (Phi) is 4.16. The van der Waals surface area contributed by atoms with Crippen molar-refractivity contribution in [2.75, 3.05) is 6.16 Å². The molecule has 0 spiro atoms. The summed E-state index contributed by atoms with van der Waals surface area (Å²) >= 11 is 0. The highest BCUT2D eigenvalue weighted by atomic mass is 31.2. The van der Waals surface area contributed by atoms with Gasteiger partial charge in [-0.3, -0.25) is 0 Å². The SMILES string of the molecule is CC[P+]1(c2ccccc2)OC(C(F)(F)F)(C(F)(F)F)c2ccccc21. The molecular formula is C17H14F6OP+. The van der Waals surface area contributed by atoms with Crippen LogP contribution in [0.15, 0.2) is 54.6 Å². The van der Waals surface area contributed by atoms with Crippen molar-refractivity contribution in [1.29, 1.82) is 0 Å². The van der Waals surface area contributed by atoms with Crippen molar-refractivity contribution in [1.82, 2.24) is 0 Å². The Hall–Kier alpha value is -1.59. The molecule has 1 aliphatic rings. The second-order valence-electron chi connectivity index (χ2n) is 5.68. The Morgan fingerprint density at radius 2 is 1.36 bits per heavy atom. The molecule has 1 unspecified atom stereocenters. The van der Waals surface area contributed by atoms with Gasteiger partial charge >= 0.3 is 18.0 Å². The topological polar surface area (TPSA) is 9.23 Å². The summed E-state index contributed by atoms with van der Waals surface area (Å²) in [7, 11) is -3.32. The molecule has 0 N–H and O–H groups in total. The van der Waals surface area contributed by atoms with Crippen molar-refractivity contribution in [3.05, 3.63) is 60.2 Å². The highest BCUT2D eigenvalue weighted by molar-refractivity contribution is 7.85. The maximum absolute atomic E-state index is 13.8. The van der Waals surface area contributed by atoms with E-state index in [1.165, 1.54) is 30.3 Å². The Morgan fingerprint density at radius 3 is 1.88 bits per heavy atom. The minimum absolute atomic E-state index is 0.00153. The Morgan fingerprint density at radius 1 is 0.840 bits per heavy atom. The molecule has 1 heterocycles. The van der Waals surface area contributed by atoms with Crippen LogP contribution in [0, 0.1) is 0 Å². The van der Waals surface area contributed by atoms with E-state index in [1.807, 2.05) is 0 Å². The van der Waals surface area contributed by atoms with E-state index in [0.717, 1.165) is 6.07 Å². The molecular weight excluding hydrogens is 365 g/mol. The number of rotatable bonds is 2. The number of alkyl halides is 6. The van der Waals surface area contributed by atoms with Gasteiger partial charge in [-0.05, 0) is 25.1 Å². The summed E-state index contributed by atoms with van der Waals surface area (Å²) in [6, 6.07) is 12.7. The maximum Gasteiger partial charge on any atom is 0.435 e. The van der Waals surface area contributed by atoms with Gasteiger partial charge in [0.15, 0.2) is 0 Å². The van der Waals surface area contributed by atoms with Crippen LogP contribution >= 0.6 is 7.49 Å². The molecule has 1 nitrogen and oxygen atoms in total. The lowest BCUT2D eigenvalue weighted by Crippen LogP contribution is -2.54. The molecule has 134 valence electrons. The van der Waals surface area contributed by atoms with Crippen LogP contribution in [0.25, 0.3) is 0 Å². The number of halogens is 6. The first kappa shape index (κ1) is 18.2. The highest BCUT2D eigenvalue weighted by Gasteiger charge is 2.83. The Balaban J connectivity index is 2.38. The first-order valence-electron chi connectivity index (χ1n) is 7.48. The van der Waals surface area contributed by atoms with Crippen LogP contribution in [-0.4, -0.2) is 18.5 Å². The number of hydrogen-bond donors (Lipinski definition) is 0. The van der Waals surface area contributed by atoms with Gasteiger partial charge in [0, 0.05) is 0 Å². The predicted octanol–water partition coefficient (Wildman–Crippen LogP) is 4.94. The van der Waals surface area contributed by atoms with Crippen molar-refractivity contribution in [3.63, 3.8) is 0 Å². The van der Waals surface area contributed by atoms with Gasteiger partial charge in [0.2, 0.25) is 7.49 Å². The van der Waals surface area contributed by atoms with E-state index >= 15 is 0 Å². The molecule has 3 rings (SSSR count). The third kappa shape index (κ3) is 2.40. The fourth-order valence-electron chi connectivity index (χ4n) is 3.27. The fourth-order valence-corrected chi connectivity index (χ4v) is 6.96. The van der Waals surface area contributed by atoms with Crippen molar-refractivity contribution in [3.8, 4) is 0 Å². The number of fused-ring (bicyclic) bond motifs is 1. The van der Waals surface area contributed by atoms with Crippen LogP contribution in [0.3, 0.4) is 0 Å². The van der Waals surface area contributed by atoms with Gasteiger partial charge < -0.3 is 0 Å². The van der Waals surface area contributed by atoms with E-state index in [9.17, 15) is 26.3 Å². The molecule has 0 radical (unpaired) electrons. The van der Waals surface area contributed by atoms with Crippen LogP contribution in [0.4, 0.5) is 26.3 Å². The zero-order valence-electron chi connectivity index (χ0n) is 13.0. The summed E-state index contributed by atoms with van der Waals surface area (Å²) < 4.78 is 87.7. The molecule has 2 aromatic carbocycles. The van der Waals surface area contributed by atoms with Crippen molar-refractivity contribution in [2.24, 2.45) is 0 Å². The zero-order chi connectivity index (χ0) is 18.5. The standard InChI is InChI=1S/C17H14F6OP/c1-2-25(12-8-4-3-5-9-12)14-11-7-6-10-13(14)15(24-25,16(18,19)20)17(21,22)23/h3-11H,2H2,1H3/q+1. The molecule has 25 heavy (non-hydrogen) atoms. The molecule has 0 saturated heterocycles. The first-order valence-corrected chi connectivity index (χ1v) is 9.37. The molecule has 8 heteroatoms.